The fourth-order valence-corrected chi connectivity index (χ4v) is 4.22. The van der Waals surface area contributed by atoms with E-state index in [2.05, 4.69) is 31.5 Å². The third-order valence-electron chi connectivity index (χ3n) is 6.33. The van der Waals surface area contributed by atoms with Crippen LogP contribution in [-0.2, 0) is 0 Å². The van der Waals surface area contributed by atoms with Gasteiger partial charge in [0.05, 0.1) is 46.4 Å². The van der Waals surface area contributed by atoms with Crippen LogP contribution in [0.15, 0.2) is 24.4 Å². The number of nitrogens with zero attached hydrogens (tertiary/aromatic N) is 5. The van der Waals surface area contributed by atoms with E-state index in [1.54, 1.807) is 0 Å². The number of hydrogen-bond donors (Lipinski definition) is 2. The molecule has 1 aliphatic rings. The van der Waals surface area contributed by atoms with Crippen molar-refractivity contribution in [2.45, 2.75) is 52.2 Å². The van der Waals surface area contributed by atoms with E-state index in [1.807, 2.05) is 40.0 Å². The van der Waals surface area contributed by atoms with Gasteiger partial charge in [-0.2, -0.15) is 10.4 Å². The second-order valence-electron chi connectivity index (χ2n) is 8.85. The van der Waals surface area contributed by atoms with Crippen LogP contribution in [0, 0.1) is 31.0 Å². The van der Waals surface area contributed by atoms with Crippen LogP contribution in [0.4, 0.5) is 15.9 Å². The minimum Gasteiger partial charge on any atom is -0.390 e. The first-order valence-corrected chi connectivity index (χ1v) is 10.8. The highest BCUT2D eigenvalue weighted by molar-refractivity contribution is 5.92. The average molecular weight is 435 g/mol. The molecular weight excluding hydrogens is 407 g/mol. The predicted octanol–water partition coefficient (Wildman–Crippen LogP) is 4.18. The summed E-state index contributed by atoms with van der Waals surface area (Å²) in [6.45, 7) is 8.95. The number of hydrogen-bond acceptors (Lipinski definition) is 7. The summed E-state index contributed by atoms with van der Waals surface area (Å²) in [7, 11) is 0. The molecule has 2 N–H and O–H groups in total. The number of aryl methyl sites for hydroxylation is 1. The number of piperidine rings is 1. The lowest BCUT2D eigenvalue weighted by Gasteiger charge is -2.37. The predicted molar refractivity (Wildman–Crippen MR) is 122 cm³/mol. The highest BCUT2D eigenvalue weighted by atomic mass is 19.1. The molecule has 0 spiro atoms. The van der Waals surface area contributed by atoms with Gasteiger partial charge in [0.25, 0.3) is 0 Å². The molecule has 1 aromatic carbocycles. The summed E-state index contributed by atoms with van der Waals surface area (Å²) in [5.74, 6) is 0.110. The van der Waals surface area contributed by atoms with Crippen molar-refractivity contribution >= 4 is 22.4 Å². The number of aromatic nitrogens is 3. The quantitative estimate of drug-likeness (QED) is 0.636. The third kappa shape index (κ3) is 4.21. The standard InChI is InChI=1S/C24H27FN6O/c1-14-17(12-26)9-18(25)10-20(14)15(2)28-23-21-11-19(13-27-22(21)16(3)29-30-23)31-7-5-24(4,32)6-8-31/h9-11,13,15,32H,5-8H2,1-4H3,(H,28,30)/t15-/m1/s1. The monoisotopic (exact) mass is 434 g/mol. The minimum absolute atomic E-state index is 0.299. The summed E-state index contributed by atoms with van der Waals surface area (Å²) in [4.78, 5) is 6.85. The molecule has 0 unspecified atom stereocenters. The van der Waals surface area contributed by atoms with E-state index in [0.29, 0.717) is 29.8 Å². The van der Waals surface area contributed by atoms with Crippen LogP contribution in [-0.4, -0.2) is 39.0 Å². The number of pyridine rings is 1. The van der Waals surface area contributed by atoms with Crippen molar-refractivity contribution in [2.75, 3.05) is 23.3 Å². The molecule has 1 aliphatic heterocycles. The SMILES string of the molecule is Cc1c(C#N)cc(F)cc1[C@@H](C)Nc1nnc(C)c2ncc(N3CCC(C)(O)CC3)cc12. The number of fused-ring (bicyclic) bond motifs is 1. The molecule has 0 bridgehead atoms. The van der Waals surface area contributed by atoms with Gasteiger partial charge in [0.1, 0.15) is 5.82 Å². The molecule has 1 atom stereocenters. The van der Waals surface area contributed by atoms with Gasteiger partial charge < -0.3 is 15.3 Å². The zero-order valence-electron chi connectivity index (χ0n) is 18.8. The third-order valence-corrected chi connectivity index (χ3v) is 6.33. The van der Waals surface area contributed by atoms with E-state index in [-0.39, 0.29) is 6.04 Å². The average Bonchev–Trinajstić information content (AvgIpc) is 2.76. The molecule has 1 fully saturated rings. The Morgan fingerprint density at radius 1 is 1.22 bits per heavy atom. The van der Waals surface area contributed by atoms with Crippen LogP contribution in [0.1, 0.15) is 55.1 Å². The molecule has 0 amide bonds. The summed E-state index contributed by atoms with van der Waals surface area (Å²) >= 11 is 0. The van der Waals surface area contributed by atoms with Gasteiger partial charge in [-0.05, 0) is 69.9 Å². The van der Waals surface area contributed by atoms with E-state index in [0.717, 1.165) is 40.9 Å². The van der Waals surface area contributed by atoms with Crippen LogP contribution in [0.2, 0.25) is 0 Å². The fourth-order valence-electron chi connectivity index (χ4n) is 4.22. The topological polar surface area (TPSA) is 98.0 Å². The zero-order valence-corrected chi connectivity index (χ0v) is 18.8. The van der Waals surface area contributed by atoms with Crippen LogP contribution < -0.4 is 10.2 Å². The highest BCUT2D eigenvalue weighted by Crippen LogP contribution is 2.32. The Labute approximate surface area is 186 Å². The van der Waals surface area contributed by atoms with E-state index >= 15 is 0 Å². The molecule has 166 valence electrons. The lowest BCUT2D eigenvalue weighted by atomic mass is 9.93. The lowest BCUT2D eigenvalue weighted by Crippen LogP contribution is -2.42. The number of halogens is 1. The van der Waals surface area contributed by atoms with Gasteiger partial charge in [0.2, 0.25) is 0 Å². The molecule has 0 radical (unpaired) electrons. The second-order valence-corrected chi connectivity index (χ2v) is 8.85. The van der Waals surface area contributed by atoms with Crippen molar-refractivity contribution in [3.05, 3.63) is 52.6 Å². The molecule has 3 aromatic rings. The molecule has 0 aliphatic carbocycles. The van der Waals surface area contributed by atoms with Crippen molar-refractivity contribution < 1.29 is 9.50 Å². The molecule has 3 heterocycles. The van der Waals surface area contributed by atoms with Crippen molar-refractivity contribution in [1.29, 1.82) is 5.26 Å². The molecule has 2 aromatic heterocycles. The molecule has 4 rings (SSSR count). The van der Waals surface area contributed by atoms with Crippen molar-refractivity contribution in [3.8, 4) is 6.07 Å². The summed E-state index contributed by atoms with van der Waals surface area (Å²) in [5, 5.41) is 32.3. The van der Waals surface area contributed by atoms with E-state index in [1.165, 1.54) is 12.1 Å². The van der Waals surface area contributed by atoms with Crippen LogP contribution in [0.5, 0.6) is 0 Å². The second kappa shape index (κ2) is 8.32. The van der Waals surface area contributed by atoms with E-state index < -0.39 is 11.4 Å². The molecule has 1 saturated heterocycles. The van der Waals surface area contributed by atoms with Crippen LogP contribution >= 0.6 is 0 Å². The molecule has 7 nitrogen and oxygen atoms in total. The first-order valence-electron chi connectivity index (χ1n) is 10.8. The Bertz CT molecular complexity index is 1210. The van der Waals surface area contributed by atoms with Gasteiger partial charge in [-0.15, -0.1) is 5.10 Å². The lowest BCUT2D eigenvalue weighted by molar-refractivity contribution is 0.0351. The summed E-state index contributed by atoms with van der Waals surface area (Å²) < 4.78 is 14.1. The van der Waals surface area contributed by atoms with Gasteiger partial charge in [0, 0.05) is 18.5 Å². The fraction of sp³-hybridized carbons (Fsp3) is 0.417. The molecule has 8 heteroatoms. The van der Waals surface area contributed by atoms with Crippen LogP contribution in [0.3, 0.4) is 0 Å². The largest absolute Gasteiger partial charge is 0.390 e. The first-order chi connectivity index (χ1) is 15.2. The summed E-state index contributed by atoms with van der Waals surface area (Å²) in [6.07, 6.45) is 3.22. The van der Waals surface area contributed by atoms with Gasteiger partial charge in [-0.25, -0.2) is 4.39 Å². The van der Waals surface area contributed by atoms with Crippen LogP contribution in [0.25, 0.3) is 10.9 Å². The Balaban J connectivity index is 1.69. The molecular formula is C24H27FN6O. The Morgan fingerprint density at radius 3 is 2.62 bits per heavy atom. The maximum absolute atomic E-state index is 14.1. The van der Waals surface area contributed by atoms with E-state index in [9.17, 15) is 14.8 Å². The Kier molecular flexibility index (Phi) is 5.70. The number of nitriles is 1. The Hall–Kier alpha value is -3.31. The maximum Gasteiger partial charge on any atom is 0.158 e. The van der Waals surface area contributed by atoms with Crippen molar-refractivity contribution in [1.82, 2.24) is 15.2 Å². The number of nitrogens with one attached hydrogen (secondary N) is 1. The van der Waals surface area contributed by atoms with Gasteiger partial charge in [0.15, 0.2) is 5.82 Å². The van der Waals surface area contributed by atoms with Crippen molar-refractivity contribution in [2.24, 2.45) is 0 Å². The normalized spacial score (nSPS) is 16.6. The smallest absolute Gasteiger partial charge is 0.158 e. The van der Waals surface area contributed by atoms with Gasteiger partial charge >= 0.3 is 0 Å². The number of rotatable bonds is 4. The number of benzene rings is 1. The number of anilines is 2. The zero-order chi connectivity index (χ0) is 23.0. The van der Waals surface area contributed by atoms with Crippen molar-refractivity contribution in [3.63, 3.8) is 0 Å². The summed E-state index contributed by atoms with van der Waals surface area (Å²) in [5.41, 5.74) is 3.55. The maximum atomic E-state index is 14.1. The Morgan fingerprint density at radius 2 is 1.94 bits per heavy atom. The highest BCUT2D eigenvalue weighted by Gasteiger charge is 2.28. The molecule has 32 heavy (non-hydrogen) atoms. The number of aliphatic hydroxyl groups is 1. The molecule has 0 saturated carbocycles. The minimum atomic E-state index is -0.629. The first kappa shape index (κ1) is 21.9. The summed E-state index contributed by atoms with van der Waals surface area (Å²) in [6, 6.07) is 6.49. The van der Waals surface area contributed by atoms with E-state index in [4.69, 9.17) is 0 Å². The van der Waals surface area contributed by atoms with Gasteiger partial charge in [-0.3, -0.25) is 4.98 Å². The van der Waals surface area contributed by atoms with Gasteiger partial charge in [-0.1, -0.05) is 0 Å².